The van der Waals surface area contributed by atoms with E-state index in [9.17, 15) is 13.2 Å². The van der Waals surface area contributed by atoms with Crippen molar-refractivity contribution >= 4 is 48.9 Å². The predicted octanol–water partition coefficient (Wildman–Crippen LogP) is 4.98. The summed E-state index contributed by atoms with van der Waals surface area (Å²) >= 11 is 1.60. The zero-order valence-corrected chi connectivity index (χ0v) is 18.5. The molecule has 0 saturated heterocycles. The van der Waals surface area contributed by atoms with Crippen LogP contribution in [0.1, 0.15) is 17.0 Å². The van der Waals surface area contributed by atoms with Crippen molar-refractivity contribution in [1.82, 2.24) is 4.98 Å². The minimum atomic E-state index is -3.66. The first-order chi connectivity index (χ1) is 14.9. The molecule has 1 amide bonds. The zero-order chi connectivity index (χ0) is 21.8. The van der Waals surface area contributed by atoms with Crippen LogP contribution < -0.4 is 10.0 Å². The van der Waals surface area contributed by atoms with E-state index in [1.165, 1.54) is 0 Å². The molecular weight excluding hydrogens is 430 g/mol. The number of nitrogens with zero attached hydrogens (tertiary/aromatic N) is 1. The van der Waals surface area contributed by atoms with Crippen LogP contribution in [0.5, 0.6) is 0 Å². The van der Waals surface area contributed by atoms with Crippen LogP contribution >= 0.6 is 11.3 Å². The topological polar surface area (TPSA) is 88.2 Å². The number of hydrogen-bond acceptors (Lipinski definition) is 5. The van der Waals surface area contributed by atoms with Crippen LogP contribution in [0.4, 0.5) is 11.4 Å². The Balaban J connectivity index is 1.33. The molecule has 0 radical (unpaired) electrons. The summed E-state index contributed by atoms with van der Waals surface area (Å²) < 4.78 is 28.6. The van der Waals surface area contributed by atoms with E-state index in [0.717, 1.165) is 20.8 Å². The third kappa shape index (κ3) is 5.28. The van der Waals surface area contributed by atoms with Gasteiger partial charge in [-0.1, -0.05) is 29.8 Å². The number of amides is 1. The summed E-state index contributed by atoms with van der Waals surface area (Å²) in [6.45, 7) is 1.90. The van der Waals surface area contributed by atoms with Gasteiger partial charge in [-0.15, -0.1) is 11.3 Å². The lowest BCUT2D eigenvalue weighted by molar-refractivity contribution is -0.116. The Hall–Kier alpha value is -3.23. The molecule has 8 heteroatoms. The van der Waals surface area contributed by atoms with Crippen molar-refractivity contribution in [3.05, 3.63) is 83.4 Å². The lowest BCUT2D eigenvalue weighted by atomic mass is 10.2. The van der Waals surface area contributed by atoms with Gasteiger partial charge in [-0.25, -0.2) is 13.4 Å². The molecule has 158 valence electrons. The van der Waals surface area contributed by atoms with E-state index in [0.29, 0.717) is 24.2 Å². The smallest absolute Gasteiger partial charge is 0.261 e. The number of aromatic nitrogens is 1. The van der Waals surface area contributed by atoms with Gasteiger partial charge in [0.2, 0.25) is 5.91 Å². The van der Waals surface area contributed by atoms with Crippen molar-refractivity contribution in [2.45, 2.75) is 24.7 Å². The first-order valence-corrected chi connectivity index (χ1v) is 12.0. The third-order valence-corrected chi connectivity index (χ3v) is 7.15. The number of para-hydroxylation sites is 1. The summed E-state index contributed by atoms with van der Waals surface area (Å²) in [6, 6.07) is 21.1. The fraction of sp³-hybridized carbons (Fsp3) is 0.130. The summed E-state index contributed by atoms with van der Waals surface area (Å²) in [4.78, 5) is 17.0. The summed E-state index contributed by atoms with van der Waals surface area (Å²) in [5.41, 5.74) is 2.97. The average Bonchev–Trinajstić information content (AvgIpc) is 3.17. The number of carbonyl (C=O) groups excluding carboxylic acids is 1. The standard InChI is InChI=1S/C23H21N3O3S2/c1-16-6-12-19(13-7-16)31(28,29)26-18-10-8-17(9-11-18)24-22(27)14-15-23-25-20-4-2-3-5-21(20)30-23/h2-13,26H,14-15H2,1H3,(H,24,27). The Morgan fingerprint density at radius 2 is 1.61 bits per heavy atom. The van der Waals surface area contributed by atoms with E-state index in [1.54, 1.807) is 59.9 Å². The number of fused-ring (bicyclic) bond motifs is 1. The zero-order valence-electron chi connectivity index (χ0n) is 16.8. The number of anilines is 2. The van der Waals surface area contributed by atoms with Crippen LogP contribution in [0.2, 0.25) is 0 Å². The van der Waals surface area contributed by atoms with Gasteiger partial charge in [0, 0.05) is 24.2 Å². The Labute approximate surface area is 185 Å². The van der Waals surface area contributed by atoms with Crippen LogP contribution in [0, 0.1) is 6.92 Å². The van der Waals surface area contributed by atoms with Crippen LogP contribution in [0.15, 0.2) is 77.7 Å². The molecule has 0 aliphatic carbocycles. The molecule has 31 heavy (non-hydrogen) atoms. The first-order valence-electron chi connectivity index (χ1n) is 9.73. The Kier molecular flexibility index (Phi) is 6.01. The van der Waals surface area contributed by atoms with E-state index in [1.807, 2.05) is 31.2 Å². The van der Waals surface area contributed by atoms with E-state index < -0.39 is 10.0 Å². The molecule has 1 heterocycles. The summed E-state index contributed by atoms with van der Waals surface area (Å²) in [6.07, 6.45) is 0.890. The summed E-state index contributed by atoms with van der Waals surface area (Å²) in [5, 5.41) is 3.76. The molecule has 0 atom stereocenters. The van der Waals surface area contributed by atoms with Crippen LogP contribution in [-0.2, 0) is 21.2 Å². The molecule has 2 N–H and O–H groups in total. The SMILES string of the molecule is Cc1ccc(S(=O)(=O)Nc2ccc(NC(=O)CCc3nc4ccccc4s3)cc2)cc1. The minimum Gasteiger partial charge on any atom is -0.326 e. The van der Waals surface area contributed by atoms with E-state index in [4.69, 9.17) is 0 Å². The summed E-state index contributed by atoms with van der Waals surface area (Å²) in [7, 11) is -3.66. The first kappa shape index (κ1) is 21.0. The quantitative estimate of drug-likeness (QED) is 0.415. The lowest BCUT2D eigenvalue weighted by Gasteiger charge is -2.10. The largest absolute Gasteiger partial charge is 0.326 e. The number of thiazole rings is 1. The van der Waals surface area contributed by atoms with Crippen molar-refractivity contribution in [3.8, 4) is 0 Å². The van der Waals surface area contributed by atoms with Gasteiger partial charge in [0.15, 0.2) is 0 Å². The third-order valence-electron chi connectivity index (χ3n) is 4.66. The number of aryl methyl sites for hydroxylation is 2. The molecule has 0 fully saturated rings. The van der Waals surface area contributed by atoms with Gasteiger partial charge in [-0.2, -0.15) is 0 Å². The van der Waals surface area contributed by atoms with Gasteiger partial charge < -0.3 is 5.32 Å². The number of carbonyl (C=O) groups is 1. The maximum Gasteiger partial charge on any atom is 0.261 e. The van der Waals surface area contributed by atoms with Gasteiger partial charge >= 0.3 is 0 Å². The molecule has 6 nitrogen and oxygen atoms in total. The molecular formula is C23H21N3O3S2. The molecule has 0 bridgehead atoms. The number of rotatable bonds is 7. The molecule has 0 unspecified atom stereocenters. The van der Waals surface area contributed by atoms with E-state index in [-0.39, 0.29) is 10.8 Å². The van der Waals surface area contributed by atoms with Crippen molar-refractivity contribution < 1.29 is 13.2 Å². The molecule has 3 aromatic carbocycles. The number of nitrogens with one attached hydrogen (secondary N) is 2. The van der Waals surface area contributed by atoms with Gasteiger partial charge in [-0.3, -0.25) is 9.52 Å². The highest BCUT2D eigenvalue weighted by atomic mass is 32.2. The second-order valence-electron chi connectivity index (χ2n) is 7.12. The lowest BCUT2D eigenvalue weighted by Crippen LogP contribution is -2.14. The molecule has 0 saturated carbocycles. The molecule has 0 aliphatic rings. The summed E-state index contributed by atoms with van der Waals surface area (Å²) in [5.74, 6) is -0.118. The highest BCUT2D eigenvalue weighted by Gasteiger charge is 2.14. The van der Waals surface area contributed by atoms with Crippen molar-refractivity contribution in [2.24, 2.45) is 0 Å². The molecule has 1 aromatic heterocycles. The van der Waals surface area contributed by atoms with Crippen LogP contribution in [0.25, 0.3) is 10.2 Å². The monoisotopic (exact) mass is 451 g/mol. The molecule has 4 aromatic rings. The Bertz CT molecular complexity index is 1280. The Morgan fingerprint density at radius 3 is 2.32 bits per heavy atom. The fourth-order valence-corrected chi connectivity index (χ4v) is 5.05. The van der Waals surface area contributed by atoms with Gasteiger partial charge in [0.25, 0.3) is 10.0 Å². The fourth-order valence-electron chi connectivity index (χ4n) is 3.02. The minimum absolute atomic E-state index is 0.118. The molecule has 4 rings (SSSR count). The average molecular weight is 452 g/mol. The van der Waals surface area contributed by atoms with Gasteiger partial charge in [0.05, 0.1) is 20.1 Å². The molecule has 0 spiro atoms. The molecule has 0 aliphatic heterocycles. The normalized spacial score (nSPS) is 11.4. The van der Waals surface area contributed by atoms with Crippen LogP contribution in [-0.4, -0.2) is 19.3 Å². The predicted molar refractivity (Wildman–Crippen MR) is 125 cm³/mol. The van der Waals surface area contributed by atoms with Crippen molar-refractivity contribution in [2.75, 3.05) is 10.0 Å². The number of benzene rings is 3. The highest BCUT2D eigenvalue weighted by molar-refractivity contribution is 7.92. The van der Waals surface area contributed by atoms with E-state index >= 15 is 0 Å². The van der Waals surface area contributed by atoms with E-state index in [2.05, 4.69) is 15.0 Å². The maximum atomic E-state index is 12.5. The second kappa shape index (κ2) is 8.87. The van der Waals surface area contributed by atoms with Gasteiger partial charge in [0.1, 0.15) is 0 Å². The highest BCUT2D eigenvalue weighted by Crippen LogP contribution is 2.23. The number of sulfonamides is 1. The van der Waals surface area contributed by atoms with Crippen molar-refractivity contribution in [1.29, 1.82) is 0 Å². The Morgan fingerprint density at radius 1 is 0.935 bits per heavy atom. The van der Waals surface area contributed by atoms with Gasteiger partial charge in [-0.05, 0) is 55.5 Å². The number of hydrogen-bond donors (Lipinski definition) is 2. The van der Waals surface area contributed by atoms with Crippen molar-refractivity contribution in [3.63, 3.8) is 0 Å². The van der Waals surface area contributed by atoms with Crippen LogP contribution in [0.3, 0.4) is 0 Å². The maximum absolute atomic E-state index is 12.5. The second-order valence-corrected chi connectivity index (χ2v) is 9.92.